The summed E-state index contributed by atoms with van der Waals surface area (Å²) >= 11 is 0. The van der Waals surface area contributed by atoms with E-state index in [2.05, 4.69) is 154 Å². The predicted octanol–water partition coefficient (Wildman–Crippen LogP) is 23.7. The molecule has 6 nitrogen and oxygen atoms in total. The Morgan fingerprint density at radius 1 is 0.256 bits per heavy atom. The molecule has 0 spiro atoms. The van der Waals surface area contributed by atoms with Crippen LogP contribution in [0.3, 0.4) is 0 Å². The van der Waals surface area contributed by atoms with Gasteiger partial charge in [-0.05, 0) is 122 Å². The van der Waals surface area contributed by atoms with Gasteiger partial charge in [0, 0.05) is 19.3 Å². The number of carbonyl (C=O) groups excluding carboxylic acids is 3. The van der Waals surface area contributed by atoms with Crippen molar-refractivity contribution in [3.8, 4) is 0 Å². The van der Waals surface area contributed by atoms with Crippen molar-refractivity contribution in [3.63, 3.8) is 0 Å². The minimum Gasteiger partial charge on any atom is -0.462 e. The Morgan fingerprint density at radius 2 is 0.476 bits per heavy atom. The second-order valence-electron chi connectivity index (χ2n) is 22.4. The van der Waals surface area contributed by atoms with E-state index in [-0.39, 0.29) is 31.1 Å². The first-order valence-corrected chi connectivity index (χ1v) is 34.2. The third-order valence-corrected chi connectivity index (χ3v) is 14.4. The van der Waals surface area contributed by atoms with Crippen molar-refractivity contribution < 1.29 is 28.6 Å². The predicted molar refractivity (Wildman–Crippen MR) is 357 cm³/mol. The normalized spacial score (nSPS) is 13.0. The van der Waals surface area contributed by atoms with Gasteiger partial charge in [-0.2, -0.15) is 0 Å². The van der Waals surface area contributed by atoms with Crippen molar-refractivity contribution in [1.29, 1.82) is 0 Å². The van der Waals surface area contributed by atoms with E-state index in [0.717, 1.165) is 128 Å². The van der Waals surface area contributed by atoms with Gasteiger partial charge in [0.1, 0.15) is 13.2 Å². The molecule has 82 heavy (non-hydrogen) atoms. The van der Waals surface area contributed by atoms with Crippen LogP contribution in [0.4, 0.5) is 0 Å². The van der Waals surface area contributed by atoms with Crippen molar-refractivity contribution in [2.45, 2.75) is 316 Å². The Kier molecular flexibility index (Phi) is 65.3. The van der Waals surface area contributed by atoms with Crippen LogP contribution in [-0.4, -0.2) is 37.2 Å². The van der Waals surface area contributed by atoms with E-state index in [0.29, 0.717) is 19.3 Å². The van der Waals surface area contributed by atoms with Crippen molar-refractivity contribution in [2.75, 3.05) is 13.2 Å². The van der Waals surface area contributed by atoms with Gasteiger partial charge in [0.15, 0.2) is 6.10 Å². The largest absolute Gasteiger partial charge is 0.462 e. The Balaban J connectivity index is 4.11. The lowest BCUT2D eigenvalue weighted by molar-refractivity contribution is -0.167. The summed E-state index contributed by atoms with van der Waals surface area (Å²) in [7, 11) is 0. The lowest BCUT2D eigenvalue weighted by Gasteiger charge is -2.18. The zero-order chi connectivity index (χ0) is 59.2. The molecule has 0 fully saturated rings. The van der Waals surface area contributed by atoms with Gasteiger partial charge in [-0.3, -0.25) is 14.4 Å². The maximum absolute atomic E-state index is 12.9. The molecule has 0 saturated heterocycles. The number of unbranched alkanes of at least 4 members (excludes halogenated alkanes) is 28. The van der Waals surface area contributed by atoms with Gasteiger partial charge in [-0.15, -0.1) is 0 Å². The third-order valence-electron chi connectivity index (χ3n) is 14.4. The van der Waals surface area contributed by atoms with Crippen LogP contribution in [0.2, 0.25) is 0 Å². The molecule has 0 amide bonds. The van der Waals surface area contributed by atoms with Crippen LogP contribution >= 0.6 is 0 Å². The Bertz CT molecular complexity index is 1730. The maximum Gasteiger partial charge on any atom is 0.306 e. The van der Waals surface area contributed by atoms with E-state index in [1.54, 1.807) is 0 Å². The average molecular weight is 1140 g/mol. The molecule has 0 aromatic carbocycles. The standard InChI is InChI=1S/C76H126O6/c1-4-7-10-13-16-18-20-22-24-26-28-30-32-33-34-35-36-37-38-39-40-41-42-43-45-46-48-50-52-54-56-58-60-63-66-69-75(78)81-72-73(71-80-74(77)68-65-62-15-12-9-6-3)82-76(79)70-67-64-61-59-57-55-53-51-49-47-44-31-29-27-25-23-21-19-17-14-11-8-5-2/h7,10,16,18,21-24,27-30,33-34,36-37,39-40,42-43,46,48,73H,4-6,8-9,11-15,17,19-20,25-26,31-32,35,38,41,44-45,47,49-72H2,1-3H3/b10-7-,18-16-,23-21-,24-22-,29-27-,30-28-,34-33-,37-36-,40-39-,43-42-,48-46-. The van der Waals surface area contributed by atoms with E-state index < -0.39 is 6.10 Å². The second-order valence-corrected chi connectivity index (χ2v) is 22.4. The molecule has 0 bridgehead atoms. The number of hydrogen-bond donors (Lipinski definition) is 0. The number of rotatable bonds is 61. The van der Waals surface area contributed by atoms with Crippen LogP contribution in [-0.2, 0) is 28.6 Å². The molecule has 0 aliphatic carbocycles. The Hall–Kier alpha value is -4.45. The fourth-order valence-electron chi connectivity index (χ4n) is 9.29. The highest BCUT2D eigenvalue weighted by Gasteiger charge is 2.19. The Morgan fingerprint density at radius 3 is 0.744 bits per heavy atom. The minimum absolute atomic E-state index is 0.0834. The lowest BCUT2D eigenvalue weighted by atomic mass is 10.0. The molecular weight excluding hydrogens is 1010 g/mol. The second kappa shape index (κ2) is 69.0. The summed E-state index contributed by atoms with van der Waals surface area (Å²) in [6.45, 7) is 6.46. The number of hydrogen-bond acceptors (Lipinski definition) is 6. The summed E-state index contributed by atoms with van der Waals surface area (Å²) in [6.07, 6.45) is 97.9. The third kappa shape index (κ3) is 66.4. The zero-order valence-electron chi connectivity index (χ0n) is 53.5. The molecule has 1 atom stereocenters. The number of esters is 3. The first-order valence-electron chi connectivity index (χ1n) is 34.2. The van der Waals surface area contributed by atoms with E-state index in [1.807, 2.05) is 0 Å². The summed E-state index contributed by atoms with van der Waals surface area (Å²) in [5.41, 5.74) is 0. The fourth-order valence-corrected chi connectivity index (χ4v) is 9.29. The zero-order valence-corrected chi connectivity index (χ0v) is 53.5. The van der Waals surface area contributed by atoms with Crippen molar-refractivity contribution in [3.05, 3.63) is 134 Å². The highest BCUT2D eigenvalue weighted by Crippen LogP contribution is 2.16. The molecule has 466 valence electrons. The summed E-state index contributed by atoms with van der Waals surface area (Å²) in [5.74, 6) is -0.902. The average Bonchev–Trinajstić information content (AvgIpc) is 3.47. The van der Waals surface area contributed by atoms with Crippen LogP contribution in [0.15, 0.2) is 134 Å². The topological polar surface area (TPSA) is 78.9 Å². The Labute approximate surface area is 506 Å². The SMILES string of the molecule is CC/C=C\C/C=C\C/C=C\C/C=C\C/C=C\C/C=C\C/C=C\C/C=C\C/C=C\CCCCCCCCCC(=O)OCC(COC(=O)CCCCCCCC)OC(=O)CCCCCCCCCCCCC/C=C\C/C=C\CCCCCCC. The van der Waals surface area contributed by atoms with Crippen molar-refractivity contribution in [2.24, 2.45) is 0 Å². The van der Waals surface area contributed by atoms with Crippen LogP contribution < -0.4 is 0 Å². The quantitative estimate of drug-likeness (QED) is 0.0261. The first kappa shape index (κ1) is 77.5. The fraction of sp³-hybridized carbons (Fsp3) is 0.671. The molecule has 0 radical (unpaired) electrons. The van der Waals surface area contributed by atoms with Crippen LogP contribution in [0, 0.1) is 0 Å². The molecule has 0 aromatic heterocycles. The number of carbonyl (C=O) groups is 3. The molecule has 0 saturated carbocycles. The lowest BCUT2D eigenvalue weighted by Crippen LogP contribution is -2.30. The van der Waals surface area contributed by atoms with Gasteiger partial charge < -0.3 is 14.2 Å². The van der Waals surface area contributed by atoms with E-state index in [1.165, 1.54) is 141 Å². The summed E-state index contributed by atoms with van der Waals surface area (Å²) in [4.78, 5) is 38.1. The first-order chi connectivity index (χ1) is 40.5. The molecule has 0 aliphatic rings. The molecule has 0 rings (SSSR count). The van der Waals surface area contributed by atoms with E-state index >= 15 is 0 Å². The van der Waals surface area contributed by atoms with Crippen molar-refractivity contribution in [1.82, 2.24) is 0 Å². The van der Waals surface area contributed by atoms with E-state index in [4.69, 9.17) is 14.2 Å². The summed E-state index contributed by atoms with van der Waals surface area (Å²) in [5, 5.41) is 0. The number of allylic oxidation sites excluding steroid dienone is 22. The maximum atomic E-state index is 12.9. The minimum atomic E-state index is -0.785. The highest BCUT2D eigenvalue weighted by atomic mass is 16.6. The van der Waals surface area contributed by atoms with Gasteiger partial charge in [0.25, 0.3) is 0 Å². The van der Waals surface area contributed by atoms with Gasteiger partial charge in [0.2, 0.25) is 0 Å². The highest BCUT2D eigenvalue weighted by molar-refractivity contribution is 5.71. The van der Waals surface area contributed by atoms with Crippen LogP contribution in [0.25, 0.3) is 0 Å². The molecule has 0 aromatic rings. The van der Waals surface area contributed by atoms with Gasteiger partial charge in [0.05, 0.1) is 0 Å². The monoisotopic (exact) mass is 1130 g/mol. The summed E-state index contributed by atoms with van der Waals surface area (Å²) < 4.78 is 16.8. The molecule has 0 N–H and O–H groups in total. The van der Waals surface area contributed by atoms with Gasteiger partial charge in [-0.25, -0.2) is 0 Å². The molecular formula is C76H126O6. The molecule has 0 aliphatic heterocycles. The molecule has 1 unspecified atom stereocenters. The van der Waals surface area contributed by atoms with Crippen LogP contribution in [0.1, 0.15) is 310 Å². The number of ether oxygens (including phenoxy) is 3. The van der Waals surface area contributed by atoms with Crippen molar-refractivity contribution >= 4 is 17.9 Å². The van der Waals surface area contributed by atoms with Gasteiger partial charge >= 0.3 is 17.9 Å². The molecule has 0 heterocycles. The van der Waals surface area contributed by atoms with E-state index in [9.17, 15) is 14.4 Å². The smallest absolute Gasteiger partial charge is 0.306 e. The molecule has 6 heteroatoms. The summed E-state index contributed by atoms with van der Waals surface area (Å²) in [6, 6.07) is 0. The van der Waals surface area contributed by atoms with Crippen LogP contribution in [0.5, 0.6) is 0 Å². The van der Waals surface area contributed by atoms with Gasteiger partial charge in [-0.1, -0.05) is 302 Å².